The molecule has 0 saturated carbocycles. The Kier molecular flexibility index (Phi) is 4.10. The van der Waals surface area contributed by atoms with Crippen LogP contribution < -0.4 is 4.74 Å². The number of rotatable bonds is 2. The average Bonchev–Trinajstić information content (AvgIpc) is 2.76. The van der Waals surface area contributed by atoms with E-state index in [9.17, 15) is 0 Å². The summed E-state index contributed by atoms with van der Waals surface area (Å²) in [6.07, 6.45) is 0. The SMILES string of the molecule is CC1(C)COc2ccc(C(Br)c3cc(Cl)ccc3Br)cc21. The van der Waals surface area contributed by atoms with Crippen molar-refractivity contribution in [3.63, 3.8) is 0 Å². The fourth-order valence-electron chi connectivity index (χ4n) is 2.58. The van der Waals surface area contributed by atoms with Crippen LogP contribution in [0.25, 0.3) is 0 Å². The summed E-state index contributed by atoms with van der Waals surface area (Å²) in [5.41, 5.74) is 3.65. The van der Waals surface area contributed by atoms with Crippen LogP contribution in [0, 0.1) is 0 Å². The van der Waals surface area contributed by atoms with Crippen LogP contribution in [0.1, 0.15) is 35.4 Å². The van der Waals surface area contributed by atoms with Gasteiger partial charge in [-0.05, 0) is 41.5 Å². The summed E-state index contributed by atoms with van der Waals surface area (Å²) in [6.45, 7) is 5.15. The summed E-state index contributed by atoms with van der Waals surface area (Å²) in [5, 5.41) is 0.738. The van der Waals surface area contributed by atoms with Gasteiger partial charge in [-0.1, -0.05) is 63.4 Å². The Morgan fingerprint density at radius 1 is 1.19 bits per heavy atom. The van der Waals surface area contributed by atoms with Crippen molar-refractivity contribution >= 4 is 43.5 Å². The Balaban J connectivity index is 2.03. The Morgan fingerprint density at radius 2 is 1.95 bits per heavy atom. The lowest BCUT2D eigenvalue weighted by Crippen LogP contribution is -2.18. The predicted molar refractivity (Wildman–Crippen MR) is 94.9 cm³/mol. The predicted octanol–water partition coefficient (Wildman–Crippen LogP) is 6.26. The first-order valence-electron chi connectivity index (χ1n) is 6.75. The Hall–Kier alpha value is -0.510. The fraction of sp³-hybridized carbons (Fsp3) is 0.294. The molecule has 1 nitrogen and oxygen atoms in total. The summed E-state index contributed by atoms with van der Waals surface area (Å²) >= 11 is 13.5. The van der Waals surface area contributed by atoms with Crippen molar-refractivity contribution in [2.75, 3.05) is 6.61 Å². The minimum Gasteiger partial charge on any atom is -0.492 e. The highest BCUT2D eigenvalue weighted by molar-refractivity contribution is 9.11. The van der Waals surface area contributed by atoms with Crippen LogP contribution in [0.15, 0.2) is 40.9 Å². The summed E-state index contributed by atoms with van der Waals surface area (Å²) in [5.74, 6) is 0.994. The van der Waals surface area contributed by atoms with E-state index in [1.165, 1.54) is 11.1 Å². The van der Waals surface area contributed by atoms with Crippen LogP contribution in [-0.4, -0.2) is 6.61 Å². The molecule has 0 N–H and O–H groups in total. The summed E-state index contributed by atoms with van der Waals surface area (Å²) in [7, 11) is 0. The molecule has 4 heteroatoms. The maximum Gasteiger partial charge on any atom is 0.123 e. The zero-order valence-corrected chi connectivity index (χ0v) is 15.7. The maximum atomic E-state index is 6.13. The zero-order valence-electron chi connectivity index (χ0n) is 11.8. The molecule has 0 saturated heterocycles. The normalized spacial score (nSPS) is 17.2. The molecule has 1 aliphatic heterocycles. The van der Waals surface area contributed by atoms with Crippen molar-refractivity contribution in [2.45, 2.75) is 24.1 Å². The van der Waals surface area contributed by atoms with E-state index in [1.807, 2.05) is 18.2 Å². The molecule has 2 aromatic rings. The largest absolute Gasteiger partial charge is 0.492 e. The van der Waals surface area contributed by atoms with Crippen molar-refractivity contribution in [2.24, 2.45) is 0 Å². The molecular weight excluding hydrogens is 415 g/mol. The second-order valence-electron chi connectivity index (χ2n) is 5.96. The molecule has 0 amide bonds. The first-order chi connectivity index (χ1) is 9.88. The molecule has 0 spiro atoms. The Morgan fingerprint density at radius 3 is 2.71 bits per heavy atom. The molecule has 2 aromatic carbocycles. The molecule has 0 bridgehead atoms. The monoisotopic (exact) mass is 428 g/mol. The van der Waals surface area contributed by atoms with Gasteiger partial charge in [-0.3, -0.25) is 0 Å². The number of fused-ring (bicyclic) bond motifs is 1. The molecule has 1 atom stereocenters. The van der Waals surface area contributed by atoms with Crippen LogP contribution >= 0.6 is 43.5 Å². The molecule has 110 valence electrons. The van der Waals surface area contributed by atoms with Gasteiger partial charge in [0.2, 0.25) is 0 Å². The van der Waals surface area contributed by atoms with E-state index in [0.717, 1.165) is 27.4 Å². The molecule has 1 unspecified atom stereocenters. The van der Waals surface area contributed by atoms with Gasteiger partial charge in [-0.25, -0.2) is 0 Å². The summed E-state index contributed by atoms with van der Waals surface area (Å²) < 4.78 is 6.80. The topological polar surface area (TPSA) is 9.23 Å². The van der Waals surface area contributed by atoms with Gasteiger partial charge in [-0.2, -0.15) is 0 Å². The van der Waals surface area contributed by atoms with E-state index in [0.29, 0.717) is 0 Å². The van der Waals surface area contributed by atoms with Crippen molar-refractivity contribution in [3.05, 3.63) is 62.6 Å². The molecule has 21 heavy (non-hydrogen) atoms. The third kappa shape index (κ3) is 2.88. The summed E-state index contributed by atoms with van der Waals surface area (Å²) in [4.78, 5) is 0.0901. The zero-order chi connectivity index (χ0) is 15.2. The third-order valence-corrected chi connectivity index (χ3v) is 5.82. The van der Waals surface area contributed by atoms with Gasteiger partial charge in [0, 0.05) is 20.5 Å². The van der Waals surface area contributed by atoms with E-state index in [4.69, 9.17) is 16.3 Å². The summed E-state index contributed by atoms with van der Waals surface area (Å²) in [6, 6.07) is 12.2. The second kappa shape index (κ2) is 5.60. The highest BCUT2D eigenvalue weighted by Crippen LogP contribution is 2.43. The molecule has 0 aromatic heterocycles. The molecular formula is C17H15Br2ClO. The van der Waals surface area contributed by atoms with Gasteiger partial charge < -0.3 is 4.74 Å². The smallest absolute Gasteiger partial charge is 0.123 e. The quantitative estimate of drug-likeness (QED) is 0.511. The number of hydrogen-bond donors (Lipinski definition) is 0. The van der Waals surface area contributed by atoms with Crippen molar-refractivity contribution in [1.82, 2.24) is 0 Å². The highest BCUT2D eigenvalue weighted by atomic mass is 79.9. The molecule has 1 heterocycles. The van der Waals surface area contributed by atoms with Crippen molar-refractivity contribution in [3.8, 4) is 5.75 Å². The van der Waals surface area contributed by atoms with Crippen molar-refractivity contribution in [1.29, 1.82) is 0 Å². The number of benzene rings is 2. The average molecular weight is 431 g/mol. The second-order valence-corrected chi connectivity index (χ2v) is 8.16. The van der Waals surface area contributed by atoms with E-state index in [1.54, 1.807) is 0 Å². The Labute approximate surface area is 146 Å². The van der Waals surface area contributed by atoms with Crippen LogP contribution in [-0.2, 0) is 5.41 Å². The van der Waals surface area contributed by atoms with Gasteiger partial charge >= 0.3 is 0 Å². The minimum atomic E-state index is 0.0592. The van der Waals surface area contributed by atoms with Crippen LogP contribution in [0.5, 0.6) is 5.75 Å². The van der Waals surface area contributed by atoms with Gasteiger partial charge in [-0.15, -0.1) is 0 Å². The standard InChI is InChI=1S/C17H15Br2ClO/c1-17(2)9-21-15-6-3-10(7-13(15)17)16(19)12-8-11(20)4-5-14(12)18/h3-8,16H,9H2,1-2H3. The third-order valence-electron chi connectivity index (χ3n) is 3.85. The van der Waals surface area contributed by atoms with E-state index in [-0.39, 0.29) is 10.2 Å². The van der Waals surface area contributed by atoms with Crippen LogP contribution in [0.3, 0.4) is 0 Å². The van der Waals surface area contributed by atoms with E-state index < -0.39 is 0 Å². The molecule has 3 rings (SSSR count). The van der Waals surface area contributed by atoms with Gasteiger partial charge in [0.1, 0.15) is 5.75 Å². The lowest BCUT2D eigenvalue weighted by Gasteiger charge is -2.18. The minimum absolute atomic E-state index is 0.0592. The van der Waals surface area contributed by atoms with Crippen LogP contribution in [0.4, 0.5) is 0 Å². The highest BCUT2D eigenvalue weighted by Gasteiger charge is 2.32. The lowest BCUT2D eigenvalue weighted by molar-refractivity contribution is 0.291. The van der Waals surface area contributed by atoms with Gasteiger partial charge in [0.25, 0.3) is 0 Å². The van der Waals surface area contributed by atoms with Crippen LogP contribution in [0.2, 0.25) is 5.02 Å². The number of halogens is 3. The maximum absolute atomic E-state index is 6.13. The first-order valence-corrected chi connectivity index (χ1v) is 8.83. The van der Waals surface area contributed by atoms with Crippen molar-refractivity contribution < 1.29 is 4.74 Å². The Bertz CT molecular complexity index is 697. The van der Waals surface area contributed by atoms with E-state index in [2.05, 4.69) is 63.9 Å². The van der Waals surface area contributed by atoms with Gasteiger partial charge in [0.15, 0.2) is 0 Å². The number of alkyl halides is 1. The van der Waals surface area contributed by atoms with Gasteiger partial charge in [0.05, 0.1) is 11.4 Å². The number of ether oxygens (including phenoxy) is 1. The molecule has 1 aliphatic rings. The number of hydrogen-bond acceptors (Lipinski definition) is 1. The molecule has 0 fully saturated rings. The molecule has 0 radical (unpaired) electrons. The first kappa shape index (κ1) is 15.4. The fourth-order valence-corrected chi connectivity index (χ4v) is 4.21. The van der Waals surface area contributed by atoms with E-state index >= 15 is 0 Å². The lowest BCUT2D eigenvalue weighted by atomic mass is 9.85. The molecule has 0 aliphatic carbocycles.